The van der Waals surface area contributed by atoms with Gasteiger partial charge < -0.3 is 9.64 Å². The van der Waals surface area contributed by atoms with Gasteiger partial charge >= 0.3 is 0 Å². The molecule has 1 aromatic heterocycles. The highest BCUT2D eigenvalue weighted by atomic mass is 79.9. The Kier molecular flexibility index (Phi) is 4.66. The molecule has 0 bridgehead atoms. The molecule has 1 atom stereocenters. The van der Waals surface area contributed by atoms with Gasteiger partial charge in [-0.25, -0.2) is 0 Å². The molecule has 0 aliphatic carbocycles. The lowest BCUT2D eigenvalue weighted by molar-refractivity contribution is 0.394. The number of alkyl halides is 1. The molecule has 2 rings (SSSR count). The molecule has 1 aliphatic rings. The van der Waals surface area contributed by atoms with Crippen LogP contribution in [-0.4, -0.2) is 30.0 Å². The van der Waals surface area contributed by atoms with Crippen molar-refractivity contribution in [1.29, 1.82) is 0 Å². The van der Waals surface area contributed by atoms with Crippen molar-refractivity contribution in [1.82, 2.24) is 4.98 Å². The van der Waals surface area contributed by atoms with Crippen LogP contribution in [0.5, 0.6) is 5.88 Å². The SMILES string of the molecule is COc1cccc(N2CCCCC2CCBr)n1. The van der Waals surface area contributed by atoms with Crippen LogP contribution in [0.2, 0.25) is 0 Å². The Labute approximate surface area is 111 Å². The molecule has 3 nitrogen and oxygen atoms in total. The molecule has 1 aromatic rings. The molecule has 1 saturated heterocycles. The molecule has 0 radical (unpaired) electrons. The Morgan fingerprint density at radius 2 is 2.35 bits per heavy atom. The normalized spacial score (nSPS) is 20.4. The Hall–Kier alpha value is -0.770. The van der Waals surface area contributed by atoms with Gasteiger partial charge in [-0.05, 0) is 31.7 Å². The predicted molar refractivity (Wildman–Crippen MR) is 74.2 cm³/mol. The number of rotatable bonds is 4. The molecule has 1 unspecified atom stereocenters. The minimum atomic E-state index is 0.614. The van der Waals surface area contributed by atoms with E-state index in [1.165, 1.54) is 25.7 Å². The highest BCUT2D eigenvalue weighted by molar-refractivity contribution is 9.09. The van der Waals surface area contributed by atoms with E-state index in [9.17, 15) is 0 Å². The maximum atomic E-state index is 5.19. The van der Waals surface area contributed by atoms with Gasteiger partial charge in [-0.15, -0.1) is 0 Å². The van der Waals surface area contributed by atoms with E-state index in [1.807, 2.05) is 12.1 Å². The highest BCUT2D eigenvalue weighted by Gasteiger charge is 2.23. The predicted octanol–water partition coefficient (Wildman–Crippen LogP) is 3.23. The molecule has 0 aromatic carbocycles. The van der Waals surface area contributed by atoms with Crippen molar-refractivity contribution in [2.24, 2.45) is 0 Å². The first kappa shape index (κ1) is 12.7. The second-order valence-electron chi connectivity index (χ2n) is 4.36. The Morgan fingerprint density at radius 1 is 1.47 bits per heavy atom. The number of halogens is 1. The summed E-state index contributed by atoms with van der Waals surface area (Å²) < 4.78 is 5.19. The van der Waals surface area contributed by atoms with Gasteiger partial charge in [0, 0.05) is 24.0 Å². The summed E-state index contributed by atoms with van der Waals surface area (Å²) in [6.07, 6.45) is 5.04. The number of hydrogen-bond donors (Lipinski definition) is 0. The van der Waals surface area contributed by atoms with E-state index >= 15 is 0 Å². The van der Waals surface area contributed by atoms with E-state index in [0.717, 1.165) is 17.7 Å². The number of piperidine rings is 1. The largest absolute Gasteiger partial charge is 0.481 e. The fourth-order valence-electron chi connectivity index (χ4n) is 2.41. The van der Waals surface area contributed by atoms with E-state index in [2.05, 4.69) is 31.9 Å². The number of pyridine rings is 1. The van der Waals surface area contributed by atoms with Gasteiger partial charge in [0.1, 0.15) is 5.82 Å². The van der Waals surface area contributed by atoms with Crippen molar-refractivity contribution < 1.29 is 4.74 Å². The van der Waals surface area contributed by atoms with Crippen molar-refractivity contribution in [3.8, 4) is 5.88 Å². The van der Waals surface area contributed by atoms with Gasteiger partial charge in [-0.2, -0.15) is 4.98 Å². The van der Waals surface area contributed by atoms with Crippen LogP contribution >= 0.6 is 15.9 Å². The summed E-state index contributed by atoms with van der Waals surface area (Å²) in [5.74, 6) is 1.75. The van der Waals surface area contributed by atoms with Crippen molar-refractivity contribution in [2.45, 2.75) is 31.7 Å². The summed E-state index contributed by atoms with van der Waals surface area (Å²) in [5.41, 5.74) is 0. The summed E-state index contributed by atoms with van der Waals surface area (Å²) >= 11 is 3.54. The van der Waals surface area contributed by atoms with Gasteiger partial charge in [-0.3, -0.25) is 0 Å². The molecule has 2 heterocycles. The van der Waals surface area contributed by atoms with Crippen LogP contribution < -0.4 is 9.64 Å². The Morgan fingerprint density at radius 3 is 3.12 bits per heavy atom. The highest BCUT2D eigenvalue weighted by Crippen LogP contribution is 2.26. The molecule has 4 heteroatoms. The van der Waals surface area contributed by atoms with E-state index in [4.69, 9.17) is 4.74 Å². The number of methoxy groups -OCH3 is 1. The maximum absolute atomic E-state index is 5.19. The van der Waals surface area contributed by atoms with Crippen LogP contribution in [0.15, 0.2) is 18.2 Å². The molecular formula is C13H19BrN2O. The third-order valence-electron chi connectivity index (χ3n) is 3.28. The van der Waals surface area contributed by atoms with Crippen molar-refractivity contribution in [2.75, 3.05) is 23.9 Å². The van der Waals surface area contributed by atoms with Gasteiger partial charge in [0.2, 0.25) is 5.88 Å². The van der Waals surface area contributed by atoms with Gasteiger partial charge in [0.25, 0.3) is 0 Å². The monoisotopic (exact) mass is 298 g/mol. The average Bonchev–Trinajstić information content (AvgIpc) is 2.40. The van der Waals surface area contributed by atoms with E-state index in [1.54, 1.807) is 7.11 Å². The molecule has 0 N–H and O–H groups in total. The summed E-state index contributed by atoms with van der Waals surface area (Å²) in [5, 5.41) is 1.05. The maximum Gasteiger partial charge on any atom is 0.214 e. The van der Waals surface area contributed by atoms with Crippen molar-refractivity contribution in [3.63, 3.8) is 0 Å². The third kappa shape index (κ3) is 3.12. The number of nitrogens with zero attached hydrogens (tertiary/aromatic N) is 2. The summed E-state index contributed by atoms with van der Waals surface area (Å²) in [7, 11) is 1.66. The number of anilines is 1. The lowest BCUT2D eigenvalue weighted by atomic mass is 10.00. The zero-order chi connectivity index (χ0) is 12.1. The zero-order valence-electron chi connectivity index (χ0n) is 10.2. The molecule has 94 valence electrons. The van der Waals surface area contributed by atoms with Crippen molar-refractivity contribution in [3.05, 3.63) is 18.2 Å². The van der Waals surface area contributed by atoms with Gasteiger partial charge in [-0.1, -0.05) is 22.0 Å². The standard InChI is InChI=1S/C13H19BrN2O/c1-17-13-7-4-6-12(15-13)16-10-3-2-5-11(16)8-9-14/h4,6-7,11H,2-3,5,8-10H2,1H3. The summed E-state index contributed by atoms with van der Waals surface area (Å²) in [4.78, 5) is 6.96. The average molecular weight is 299 g/mol. The summed E-state index contributed by atoms with van der Waals surface area (Å²) in [6.45, 7) is 1.11. The number of hydrogen-bond acceptors (Lipinski definition) is 3. The summed E-state index contributed by atoms with van der Waals surface area (Å²) in [6, 6.07) is 6.60. The Balaban J connectivity index is 2.16. The van der Waals surface area contributed by atoms with E-state index in [-0.39, 0.29) is 0 Å². The van der Waals surface area contributed by atoms with E-state index < -0.39 is 0 Å². The van der Waals surface area contributed by atoms with E-state index in [0.29, 0.717) is 11.9 Å². The quantitative estimate of drug-likeness (QED) is 0.798. The van der Waals surface area contributed by atoms with Gasteiger partial charge in [0.15, 0.2) is 0 Å². The number of aromatic nitrogens is 1. The van der Waals surface area contributed by atoms with Gasteiger partial charge in [0.05, 0.1) is 7.11 Å². The van der Waals surface area contributed by atoms with Crippen LogP contribution in [0.4, 0.5) is 5.82 Å². The molecule has 17 heavy (non-hydrogen) atoms. The smallest absolute Gasteiger partial charge is 0.214 e. The fraction of sp³-hybridized carbons (Fsp3) is 0.615. The minimum absolute atomic E-state index is 0.614. The lowest BCUT2D eigenvalue weighted by Crippen LogP contribution is -2.40. The molecule has 1 fully saturated rings. The lowest BCUT2D eigenvalue weighted by Gasteiger charge is -2.36. The molecule has 0 amide bonds. The Bertz CT molecular complexity index is 357. The first-order valence-corrected chi connectivity index (χ1v) is 7.31. The molecule has 1 aliphatic heterocycles. The van der Waals surface area contributed by atoms with Crippen LogP contribution in [-0.2, 0) is 0 Å². The fourth-order valence-corrected chi connectivity index (χ4v) is 2.93. The molecule has 0 spiro atoms. The number of ether oxygens (including phenoxy) is 1. The second-order valence-corrected chi connectivity index (χ2v) is 5.15. The molecule has 0 saturated carbocycles. The molecular weight excluding hydrogens is 280 g/mol. The van der Waals surface area contributed by atoms with Crippen molar-refractivity contribution >= 4 is 21.7 Å². The first-order valence-electron chi connectivity index (χ1n) is 6.19. The van der Waals surface area contributed by atoms with Crippen LogP contribution in [0.1, 0.15) is 25.7 Å². The van der Waals surface area contributed by atoms with Crippen LogP contribution in [0, 0.1) is 0 Å². The zero-order valence-corrected chi connectivity index (χ0v) is 11.8. The minimum Gasteiger partial charge on any atom is -0.481 e. The second kappa shape index (κ2) is 6.24. The third-order valence-corrected chi connectivity index (χ3v) is 3.74. The van der Waals surface area contributed by atoms with Crippen LogP contribution in [0.25, 0.3) is 0 Å². The topological polar surface area (TPSA) is 25.4 Å². The van der Waals surface area contributed by atoms with Crippen LogP contribution in [0.3, 0.4) is 0 Å². The first-order chi connectivity index (χ1) is 8.35.